The van der Waals surface area contributed by atoms with Gasteiger partial charge in [0, 0.05) is 29.7 Å². The summed E-state index contributed by atoms with van der Waals surface area (Å²) in [6.45, 7) is 5.01. The second kappa shape index (κ2) is 5.82. The smallest absolute Gasteiger partial charge is 0.165 e. The molecule has 1 aliphatic carbocycles. The van der Waals surface area contributed by atoms with Gasteiger partial charge >= 0.3 is 0 Å². The van der Waals surface area contributed by atoms with E-state index in [4.69, 9.17) is 11.6 Å². The van der Waals surface area contributed by atoms with Crippen molar-refractivity contribution in [3.63, 3.8) is 0 Å². The first kappa shape index (κ1) is 15.8. The minimum absolute atomic E-state index is 0.0730. The van der Waals surface area contributed by atoms with Crippen LogP contribution in [0.4, 0.5) is 10.1 Å². The van der Waals surface area contributed by atoms with Crippen molar-refractivity contribution in [1.82, 2.24) is 5.32 Å². The fourth-order valence-corrected chi connectivity index (χ4v) is 4.08. The third-order valence-electron chi connectivity index (χ3n) is 4.80. The van der Waals surface area contributed by atoms with Crippen molar-refractivity contribution in [2.24, 2.45) is 0 Å². The molecule has 1 aromatic carbocycles. The molecular weight excluding hydrogens is 303 g/mol. The van der Waals surface area contributed by atoms with Gasteiger partial charge in [0.05, 0.1) is 10.7 Å². The number of fused-ring (bicyclic) bond motifs is 1. The predicted octanol–water partition coefficient (Wildman–Crippen LogP) is 3.79. The Kier molecular flexibility index (Phi) is 4.17. The maximum atomic E-state index is 14.7. The van der Waals surface area contributed by atoms with Crippen LogP contribution in [0.1, 0.15) is 49.9 Å². The average Bonchev–Trinajstić information content (AvgIpc) is 2.48. The van der Waals surface area contributed by atoms with Crippen LogP contribution in [-0.2, 0) is 0 Å². The quantitative estimate of drug-likeness (QED) is 0.840. The van der Waals surface area contributed by atoms with Crippen LogP contribution < -0.4 is 10.2 Å². The number of carbonyl (C=O) groups is 1. The molecule has 3 nitrogen and oxygen atoms in total. The molecule has 0 bridgehead atoms. The van der Waals surface area contributed by atoms with E-state index in [0.717, 1.165) is 19.4 Å². The molecule has 5 heteroatoms. The van der Waals surface area contributed by atoms with Crippen molar-refractivity contribution >= 4 is 23.6 Å². The lowest BCUT2D eigenvalue weighted by Crippen LogP contribution is -2.67. The summed E-state index contributed by atoms with van der Waals surface area (Å²) in [5.41, 5.74) is 0.639. The molecule has 1 saturated heterocycles. The Labute approximate surface area is 135 Å². The topological polar surface area (TPSA) is 32.3 Å². The van der Waals surface area contributed by atoms with Crippen LogP contribution in [0, 0.1) is 5.82 Å². The third kappa shape index (κ3) is 2.74. The molecule has 3 rings (SSSR count). The molecule has 2 fully saturated rings. The first-order valence-electron chi connectivity index (χ1n) is 7.90. The number of nitrogens with one attached hydrogen (secondary N) is 1. The second-order valence-electron chi connectivity index (χ2n) is 7.03. The number of hydrogen-bond donors (Lipinski definition) is 1. The highest BCUT2D eigenvalue weighted by Gasteiger charge is 2.41. The molecule has 1 heterocycles. The normalized spacial score (nSPS) is 27.4. The summed E-state index contributed by atoms with van der Waals surface area (Å²) < 4.78 is 14.7. The molecule has 120 valence electrons. The summed E-state index contributed by atoms with van der Waals surface area (Å²) in [6.07, 6.45) is 5.15. The lowest BCUT2D eigenvalue weighted by Gasteiger charge is -2.52. The SMILES string of the molecule is CC1(C)CN(c2ccc(C=O)c(Cl)c2F)[C@@H]2CCCC[C@H]2N1. The molecular formula is C17H22ClFN2O. The van der Waals surface area contributed by atoms with Crippen LogP contribution in [0.5, 0.6) is 0 Å². The highest BCUT2D eigenvalue weighted by atomic mass is 35.5. The number of aldehydes is 1. The van der Waals surface area contributed by atoms with Gasteiger partial charge in [-0.15, -0.1) is 0 Å². The van der Waals surface area contributed by atoms with Crippen LogP contribution in [0.3, 0.4) is 0 Å². The number of hydrogen-bond acceptors (Lipinski definition) is 3. The zero-order valence-corrected chi connectivity index (χ0v) is 13.8. The molecule has 0 aromatic heterocycles. The van der Waals surface area contributed by atoms with Gasteiger partial charge in [-0.3, -0.25) is 4.79 Å². The molecule has 1 aromatic rings. The predicted molar refractivity (Wildman–Crippen MR) is 87.4 cm³/mol. The van der Waals surface area contributed by atoms with E-state index in [1.165, 1.54) is 12.8 Å². The van der Waals surface area contributed by atoms with Crippen molar-refractivity contribution < 1.29 is 9.18 Å². The van der Waals surface area contributed by atoms with E-state index in [0.29, 0.717) is 18.0 Å². The fraction of sp³-hybridized carbons (Fsp3) is 0.588. The van der Waals surface area contributed by atoms with Crippen molar-refractivity contribution in [1.29, 1.82) is 0 Å². The van der Waals surface area contributed by atoms with Gasteiger partial charge in [-0.05, 0) is 38.8 Å². The third-order valence-corrected chi connectivity index (χ3v) is 5.18. The molecule has 0 amide bonds. The number of benzene rings is 1. The number of nitrogens with zero attached hydrogens (tertiary/aromatic N) is 1. The van der Waals surface area contributed by atoms with E-state index in [1.807, 2.05) is 0 Å². The van der Waals surface area contributed by atoms with E-state index in [1.54, 1.807) is 12.1 Å². The fourth-order valence-electron chi connectivity index (χ4n) is 3.87. The van der Waals surface area contributed by atoms with Crippen LogP contribution in [-0.4, -0.2) is 30.5 Å². The summed E-state index contributed by atoms with van der Waals surface area (Å²) in [4.78, 5) is 13.1. The molecule has 0 spiro atoms. The zero-order valence-electron chi connectivity index (χ0n) is 13.0. The molecule has 1 aliphatic heterocycles. The standard InChI is InChI=1S/C17H22ClFN2O/c1-17(2)10-21(13-6-4-3-5-12(13)20-17)14-8-7-11(9-22)15(18)16(14)19/h7-9,12-13,20H,3-6,10H2,1-2H3/t12-,13-/m1/s1. The maximum Gasteiger partial charge on any atom is 0.165 e. The number of rotatable bonds is 2. The molecule has 22 heavy (non-hydrogen) atoms. The Morgan fingerprint density at radius 3 is 2.82 bits per heavy atom. The summed E-state index contributed by atoms with van der Waals surface area (Å²) in [6, 6.07) is 3.97. The van der Waals surface area contributed by atoms with Crippen LogP contribution in [0.25, 0.3) is 0 Å². The van der Waals surface area contributed by atoms with Crippen molar-refractivity contribution in [3.05, 3.63) is 28.5 Å². The highest BCUT2D eigenvalue weighted by molar-refractivity contribution is 6.33. The van der Waals surface area contributed by atoms with E-state index in [2.05, 4.69) is 24.1 Å². The Bertz CT molecular complexity index is 590. The molecule has 1 saturated carbocycles. The van der Waals surface area contributed by atoms with Gasteiger partial charge in [-0.25, -0.2) is 4.39 Å². The Hall–Kier alpha value is -1.13. The van der Waals surface area contributed by atoms with Gasteiger partial charge in [-0.1, -0.05) is 24.4 Å². The van der Waals surface area contributed by atoms with E-state index in [-0.39, 0.29) is 22.2 Å². The van der Waals surface area contributed by atoms with Crippen molar-refractivity contribution in [2.45, 2.75) is 57.2 Å². The minimum Gasteiger partial charge on any atom is -0.363 e. The lowest BCUT2D eigenvalue weighted by atomic mass is 9.83. The molecule has 1 N–H and O–H groups in total. The monoisotopic (exact) mass is 324 g/mol. The minimum atomic E-state index is -0.478. The largest absolute Gasteiger partial charge is 0.363 e. The van der Waals surface area contributed by atoms with Crippen molar-refractivity contribution in [3.8, 4) is 0 Å². The van der Waals surface area contributed by atoms with Gasteiger partial charge in [0.2, 0.25) is 0 Å². The van der Waals surface area contributed by atoms with Gasteiger partial charge in [-0.2, -0.15) is 0 Å². The zero-order chi connectivity index (χ0) is 15.9. The number of piperazine rings is 1. The summed E-state index contributed by atoms with van der Waals surface area (Å²) in [7, 11) is 0. The Balaban J connectivity index is 2.01. The molecule has 2 aliphatic rings. The van der Waals surface area contributed by atoms with Gasteiger partial charge < -0.3 is 10.2 Å². The number of carbonyl (C=O) groups excluding carboxylic acids is 1. The lowest BCUT2D eigenvalue weighted by molar-refractivity contribution is 0.112. The first-order chi connectivity index (χ1) is 10.4. The van der Waals surface area contributed by atoms with Gasteiger partial charge in [0.15, 0.2) is 12.1 Å². The maximum absolute atomic E-state index is 14.7. The van der Waals surface area contributed by atoms with E-state index < -0.39 is 5.82 Å². The molecule has 2 atom stereocenters. The van der Waals surface area contributed by atoms with Gasteiger partial charge in [0.25, 0.3) is 0 Å². The summed E-state index contributed by atoms with van der Waals surface area (Å²) in [5, 5.41) is 3.62. The van der Waals surface area contributed by atoms with Crippen LogP contribution >= 0.6 is 11.6 Å². The summed E-state index contributed by atoms with van der Waals surface area (Å²) in [5.74, 6) is -0.478. The van der Waals surface area contributed by atoms with Crippen LogP contribution in [0.2, 0.25) is 5.02 Å². The Morgan fingerprint density at radius 1 is 1.36 bits per heavy atom. The van der Waals surface area contributed by atoms with Gasteiger partial charge in [0.1, 0.15) is 0 Å². The van der Waals surface area contributed by atoms with E-state index in [9.17, 15) is 9.18 Å². The number of halogens is 2. The number of anilines is 1. The Morgan fingerprint density at radius 2 is 2.09 bits per heavy atom. The van der Waals surface area contributed by atoms with Crippen molar-refractivity contribution in [2.75, 3.05) is 11.4 Å². The second-order valence-corrected chi connectivity index (χ2v) is 7.41. The first-order valence-corrected chi connectivity index (χ1v) is 8.28. The molecule has 0 radical (unpaired) electrons. The molecule has 0 unspecified atom stereocenters. The highest BCUT2D eigenvalue weighted by Crippen LogP contribution is 2.37. The summed E-state index contributed by atoms with van der Waals surface area (Å²) >= 11 is 6.02. The average molecular weight is 325 g/mol. The van der Waals surface area contributed by atoms with E-state index >= 15 is 0 Å². The van der Waals surface area contributed by atoms with Crippen LogP contribution in [0.15, 0.2) is 12.1 Å².